The number of methoxy groups -OCH3 is 2. The van der Waals surface area contributed by atoms with Gasteiger partial charge in [-0.25, -0.2) is 0 Å². The van der Waals surface area contributed by atoms with Crippen molar-refractivity contribution in [3.8, 4) is 11.5 Å². The molecule has 30 heavy (non-hydrogen) atoms. The van der Waals surface area contributed by atoms with E-state index in [0.717, 1.165) is 22.4 Å². The minimum atomic E-state index is -0.469. The number of ether oxygens (including phenoxy) is 2. The molecule has 0 saturated heterocycles. The highest BCUT2D eigenvalue weighted by Gasteiger charge is 2.26. The number of hydrogen-bond donors (Lipinski definition) is 1. The van der Waals surface area contributed by atoms with Crippen LogP contribution < -0.4 is 14.8 Å². The Morgan fingerprint density at radius 2 is 1.63 bits per heavy atom. The maximum atomic E-state index is 13.3. The number of anilines is 1. The quantitative estimate of drug-likeness (QED) is 0.585. The Hall–Kier alpha value is -3.31. The van der Waals surface area contributed by atoms with Crippen LogP contribution in [0.4, 0.5) is 5.69 Å². The monoisotopic (exact) mass is 404 g/mol. The van der Waals surface area contributed by atoms with Gasteiger partial charge in [0.25, 0.3) is 0 Å². The van der Waals surface area contributed by atoms with Gasteiger partial charge in [0.2, 0.25) is 5.91 Å². The van der Waals surface area contributed by atoms with Crippen LogP contribution in [0.25, 0.3) is 0 Å². The lowest BCUT2D eigenvalue weighted by atomic mass is 10.0. The molecule has 1 N–H and O–H groups in total. The standard InChI is InChI=1S/C25H28N2O3/c1-18-13-15-21(16-14-18)26-25(28)23(19-9-6-5-7-10-19)27(2)17-20-11-8-12-22(29-3)24(20)30-4/h5-16,23H,17H2,1-4H3,(H,26,28)/t23-/m0/s1. The van der Waals surface area contributed by atoms with Crippen molar-refractivity contribution in [2.24, 2.45) is 0 Å². The molecule has 0 fully saturated rings. The highest BCUT2D eigenvalue weighted by Crippen LogP contribution is 2.33. The largest absolute Gasteiger partial charge is 0.493 e. The van der Waals surface area contributed by atoms with Gasteiger partial charge in [-0.15, -0.1) is 0 Å². The number of benzene rings is 3. The van der Waals surface area contributed by atoms with Crippen LogP contribution in [-0.4, -0.2) is 32.1 Å². The van der Waals surface area contributed by atoms with Crippen LogP contribution in [0.1, 0.15) is 22.7 Å². The number of likely N-dealkylation sites (N-methyl/N-ethyl adjacent to an activating group) is 1. The van der Waals surface area contributed by atoms with E-state index in [0.29, 0.717) is 18.0 Å². The highest BCUT2D eigenvalue weighted by atomic mass is 16.5. The fraction of sp³-hybridized carbons (Fsp3) is 0.240. The third-order valence-electron chi connectivity index (χ3n) is 5.03. The van der Waals surface area contributed by atoms with Crippen molar-refractivity contribution in [1.29, 1.82) is 0 Å². The van der Waals surface area contributed by atoms with E-state index in [9.17, 15) is 4.79 Å². The molecule has 3 aromatic rings. The Morgan fingerprint density at radius 3 is 2.27 bits per heavy atom. The van der Waals surface area contributed by atoms with Crippen LogP contribution in [-0.2, 0) is 11.3 Å². The number of hydrogen-bond acceptors (Lipinski definition) is 4. The summed E-state index contributed by atoms with van der Waals surface area (Å²) in [6.45, 7) is 2.54. The van der Waals surface area contributed by atoms with Gasteiger partial charge < -0.3 is 14.8 Å². The summed E-state index contributed by atoms with van der Waals surface area (Å²) < 4.78 is 11.0. The summed E-state index contributed by atoms with van der Waals surface area (Å²) in [5, 5.41) is 3.05. The number of carbonyl (C=O) groups excluding carboxylic acids is 1. The van der Waals surface area contributed by atoms with Crippen LogP contribution in [0.5, 0.6) is 11.5 Å². The molecule has 3 rings (SSSR count). The zero-order chi connectivity index (χ0) is 21.5. The van der Waals surface area contributed by atoms with E-state index in [2.05, 4.69) is 5.32 Å². The Morgan fingerprint density at radius 1 is 0.933 bits per heavy atom. The van der Waals surface area contributed by atoms with Crippen molar-refractivity contribution in [3.63, 3.8) is 0 Å². The van der Waals surface area contributed by atoms with Gasteiger partial charge in [0.05, 0.1) is 14.2 Å². The molecule has 3 aromatic carbocycles. The van der Waals surface area contributed by atoms with Gasteiger partial charge in [-0.1, -0.05) is 60.2 Å². The molecule has 0 saturated carbocycles. The minimum absolute atomic E-state index is 0.0885. The second-order valence-corrected chi connectivity index (χ2v) is 7.24. The van der Waals surface area contributed by atoms with Crippen molar-refractivity contribution >= 4 is 11.6 Å². The summed E-state index contributed by atoms with van der Waals surface area (Å²) in [5.41, 5.74) is 3.80. The van der Waals surface area contributed by atoms with Crippen LogP contribution in [0.2, 0.25) is 0 Å². The molecule has 1 amide bonds. The van der Waals surface area contributed by atoms with Crippen molar-refractivity contribution in [2.45, 2.75) is 19.5 Å². The molecule has 0 bridgehead atoms. The number of carbonyl (C=O) groups is 1. The van der Waals surface area contributed by atoms with E-state index in [4.69, 9.17) is 9.47 Å². The summed E-state index contributed by atoms with van der Waals surface area (Å²) in [4.78, 5) is 15.3. The molecule has 5 heteroatoms. The first-order chi connectivity index (χ1) is 14.5. The number of rotatable bonds is 8. The molecule has 0 unspecified atom stereocenters. The van der Waals surface area contributed by atoms with Gasteiger partial charge in [-0.2, -0.15) is 0 Å². The predicted octanol–water partition coefficient (Wildman–Crippen LogP) is 4.82. The number of nitrogens with one attached hydrogen (secondary N) is 1. The summed E-state index contributed by atoms with van der Waals surface area (Å²) in [5.74, 6) is 1.26. The van der Waals surface area contributed by atoms with E-state index < -0.39 is 6.04 Å². The smallest absolute Gasteiger partial charge is 0.246 e. The average Bonchev–Trinajstić information content (AvgIpc) is 2.76. The molecule has 5 nitrogen and oxygen atoms in total. The predicted molar refractivity (Wildman–Crippen MR) is 120 cm³/mol. The fourth-order valence-electron chi connectivity index (χ4n) is 3.53. The van der Waals surface area contributed by atoms with E-state index in [1.54, 1.807) is 14.2 Å². The van der Waals surface area contributed by atoms with E-state index >= 15 is 0 Å². The maximum absolute atomic E-state index is 13.3. The van der Waals surface area contributed by atoms with Crippen molar-refractivity contribution in [3.05, 3.63) is 89.5 Å². The third kappa shape index (κ3) is 4.99. The van der Waals surface area contributed by atoms with Crippen molar-refractivity contribution in [1.82, 2.24) is 4.90 Å². The fourth-order valence-corrected chi connectivity index (χ4v) is 3.53. The molecule has 0 radical (unpaired) electrons. The topological polar surface area (TPSA) is 50.8 Å². The van der Waals surface area contributed by atoms with Crippen LogP contribution in [0.15, 0.2) is 72.8 Å². The lowest BCUT2D eigenvalue weighted by Crippen LogP contribution is -2.34. The highest BCUT2D eigenvalue weighted by molar-refractivity contribution is 5.95. The van der Waals surface area contributed by atoms with Crippen LogP contribution in [0, 0.1) is 6.92 Å². The number of nitrogens with zero attached hydrogens (tertiary/aromatic N) is 1. The minimum Gasteiger partial charge on any atom is -0.493 e. The molecule has 0 aliphatic heterocycles. The second kappa shape index (κ2) is 9.94. The van der Waals surface area contributed by atoms with Crippen LogP contribution in [0.3, 0.4) is 0 Å². The second-order valence-electron chi connectivity index (χ2n) is 7.24. The van der Waals surface area contributed by atoms with Gasteiger partial charge in [0.15, 0.2) is 11.5 Å². The molecular formula is C25H28N2O3. The first-order valence-electron chi connectivity index (χ1n) is 9.86. The van der Waals surface area contributed by atoms with Gasteiger partial charge in [0, 0.05) is 17.8 Å². The maximum Gasteiger partial charge on any atom is 0.246 e. The molecule has 0 aromatic heterocycles. The summed E-state index contributed by atoms with van der Waals surface area (Å²) in [7, 11) is 5.18. The molecule has 0 aliphatic carbocycles. The SMILES string of the molecule is COc1cccc(CN(C)[C@H](C(=O)Nc2ccc(C)cc2)c2ccccc2)c1OC. The Kier molecular flexibility index (Phi) is 7.09. The van der Waals surface area contributed by atoms with Gasteiger partial charge in [0.1, 0.15) is 6.04 Å². The summed E-state index contributed by atoms with van der Waals surface area (Å²) in [6.07, 6.45) is 0. The number of aryl methyl sites for hydroxylation is 1. The van der Waals surface area contributed by atoms with E-state index in [1.165, 1.54) is 0 Å². The lowest BCUT2D eigenvalue weighted by Gasteiger charge is -2.28. The number of amides is 1. The first-order valence-corrected chi connectivity index (χ1v) is 9.86. The number of para-hydroxylation sites is 1. The Labute approximate surface area is 178 Å². The zero-order valence-electron chi connectivity index (χ0n) is 17.9. The lowest BCUT2D eigenvalue weighted by molar-refractivity contribution is -0.121. The molecule has 0 heterocycles. The van der Waals surface area contributed by atoms with Crippen molar-refractivity contribution in [2.75, 3.05) is 26.6 Å². The normalized spacial score (nSPS) is 11.8. The molecule has 0 aliphatic rings. The summed E-state index contributed by atoms with van der Waals surface area (Å²) >= 11 is 0. The van der Waals surface area contributed by atoms with Crippen molar-refractivity contribution < 1.29 is 14.3 Å². The summed E-state index contributed by atoms with van der Waals surface area (Å²) in [6, 6.07) is 22.9. The average molecular weight is 405 g/mol. The zero-order valence-corrected chi connectivity index (χ0v) is 17.9. The van der Waals surface area contributed by atoms with Gasteiger partial charge in [-0.05, 0) is 37.7 Å². The molecule has 156 valence electrons. The Bertz CT molecular complexity index is 971. The molecule has 0 spiro atoms. The van der Waals surface area contributed by atoms with Crippen LogP contribution >= 0.6 is 0 Å². The molecule has 1 atom stereocenters. The third-order valence-corrected chi connectivity index (χ3v) is 5.03. The molecular weight excluding hydrogens is 376 g/mol. The van der Waals surface area contributed by atoms with Gasteiger partial charge >= 0.3 is 0 Å². The first kappa shape index (κ1) is 21.4. The Balaban J connectivity index is 1.89. The van der Waals surface area contributed by atoms with Gasteiger partial charge in [-0.3, -0.25) is 9.69 Å². The van der Waals surface area contributed by atoms with E-state index in [1.807, 2.05) is 91.7 Å². The van der Waals surface area contributed by atoms with E-state index in [-0.39, 0.29) is 5.91 Å².